The zero-order valence-corrected chi connectivity index (χ0v) is 21.0. The van der Waals surface area contributed by atoms with Crippen molar-refractivity contribution < 1.29 is 13.6 Å². The Balaban J connectivity index is 1.92. The van der Waals surface area contributed by atoms with E-state index in [-0.39, 0.29) is 17.6 Å². The van der Waals surface area contributed by atoms with Crippen molar-refractivity contribution in [3.8, 4) is 11.5 Å². The lowest BCUT2D eigenvalue weighted by Crippen LogP contribution is -2.54. The maximum Gasteiger partial charge on any atom is 0.299 e. The fourth-order valence-corrected chi connectivity index (χ4v) is 4.89. The van der Waals surface area contributed by atoms with E-state index in [9.17, 15) is 13.6 Å². The number of H-pyrrole nitrogens is 1. The van der Waals surface area contributed by atoms with Gasteiger partial charge in [0.05, 0.1) is 11.7 Å². The molecule has 0 unspecified atom stereocenters. The number of benzene rings is 1. The number of nitrogens with one attached hydrogen (secondary N) is 2. The van der Waals surface area contributed by atoms with Gasteiger partial charge in [0.15, 0.2) is 0 Å². The fraction of sp³-hybridized carbons (Fsp3) is 0.385. The van der Waals surface area contributed by atoms with Crippen molar-refractivity contribution in [3.05, 3.63) is 65.1 Å². The van der Waals surface area contributed by atoms with E-state index < -0.39 is 25.8 Å². The highest BCUT2D eigenvalue weighted by Gasteiger charge is 2.40. The Morgan fingerprint density at radius 2 is 2.12 bits per heavy atom. The largest absolute Gasteiger partial charge is 0.354 e. The van der Waals surface area contributed by atoms with E-state index in [0.717, 1.165) is 30.0 Å². The SMILES string of the molecule is CCCCN[C@H]1Cc2c([nH]c3c(F)cc(F)cc23)[C@H](c2cccnc2)N1C(=O)C#C[Si](C)(C)C. The van der Waals surface area contributed by atoms with E-state index in [1.807, 2.05) is 12.1 Å². The third-order valence-electron chi connectivity index (χ3n) is 5.94. The summed E-state index contributed by atoms with van der Waals surface area (Å²) >= 11 is 0. The fourth-order valence-electron chi connectivity index (χ4n) is 4.40. The van der Waals surface area contributed by atoms with Crippen LogP contribution >= 0.6 is 0 Å². The number of hydrogen-bond donors (Lipinski definition) is 2. The van der Waals surface area contributed by atoms with E-state index in [1.165, 1.54) is 6.07 Å². The molecule has 3 heterocycles. The molecule has 4 rings (SSSR count). The number of carbonyl (C=O) groups excluding carboxylic acids is 1. The van der Waals surface area contributed by atoms with Crippen LogP contribution in [0.3, 0.4) is 0 Å². The van der Waals surface area contributed by atoms with Crippen LogP contribution in [0.15, 0.2) is 36.7 Å². The second kappa shape index (κ2) is 9.69. The number of pyridine rings is 1. The van der Waals surface area contributed by atoms with E-state index in [2.05, 4.69) is 53.3 Å². The van der Waals surface area contributed by atoms with Crippen LogP contribution in [0, 0.1) is 23.1 Å². The van der Waals surface area contributed by atoms with Gasteiger partial charge in [0, 0.05) is 36.0 Å². The summed E-state index contributed by atoms with van der Waals surface area (Å²) in [4.78, 5) is 22.8. The zero-order valence-electron chi connectivity index (χ0n) is 20.0. The van der Waals surface area contributed by atoms with Crippen LogP contribution in [0.25, 0.3) is 10.9 Å². The molecule has 1 amide bonds. The first-order valence-corrected chi connectivity index (χ1v) is 15.2. The topological polar surface area (TPSA) is 61.0 Å². The minimum atomic E-state index is -1.79. The van der Waals surface area contributed by atoms with Gasteiger partial charge >= 0.3 is 0 Å². The summed E-state index contributed by atoms with van der Waals surface area (Å²) in [5.74, 6) is 1.32. The summed E-state index contributed by atoms with van der Waals surface area (Å²) < 4.78 is 28.9. The zero-order chi connectivity index (χ0) is 24.5. The normalized spacial score (nSPS) is 17.9. The molecule has 0 bridgehead atoms. The van der Waals surface area contributed by atoms with Crippen molar-refractivity contribution in [1.29, 1.82) is 0 Å². The van der Waals surface area contributed by atoms with Crippen LogP contribution < -0.4 is 5.32 Å². The summed E-state index contributed by atoms with van der Waals surface area (Å²) in [7, 11) is -1.79. The van der Waals surface area contributed by atoms with Crippen LogP contribution in [0.5, 0.6) is 0 Å². The molecule has 2 aromatic heterocycles. The highest BCUT2D eigenvalue weighted by atomic mass is 28.3. The molecule has 0 radical (unpaired) electrons. The second-order valence-electron chi connectivity index (χ2n) is 9.76. The quantitative estimate of drug-likeness (QED) is 0.310. The number of carbonyl (C=O) groups is 1. The minimum Gasteiger partial charge on any atom is -0.354 e. The van der Waals surface area contributed by atoms with Gasteiger partial charge in [-0.3, -0.25) is 15.1 Å². The number of unbranched alkanes of at least 4 members (excludes halogenated alkanes) is 1. The number of nitrogens with zero attached hydrogens (tertiary/aromatic N) is 2. The molecular weight excluding hydrogens is 450 g/mol. The number of rotatable bonds is 5. The minimum absolute atomic E-state index is 0.245. The highest BCUT2D eigenvalue weighted by Crippen LogP contribution is 2.41. The maximum atomic E-state index is 14.7. The predicted molar refractivity (Wildman–Crippen MR) is 133 cm³/mol. The first kappa shape index (κ1) is 24.1. The lowest BCUT2D eigenvalue weighted by atomic mass is 9.91. The molecule has 2 N–H and O–H groups in total. The molecular formula is C26H30F2N4OSi. The summed E-state index contributed by atoms with van der Waals surface area (Å²) in [6, 6.07) is 5.38. The van der Waals surface area contributed by atoms with Gasteiger partial charge in [-0.2, -0.15) is 0 Å². The number of fused-ring (bicyclic) bond motifs is 3. The average Bonchev–Trinajstić information content (AvgIpc) is 3.15. The van der Waals surface area contributed by atoms with Gasteiger partial charge in [-0.25, -0.2) is 8.78 Å². The van der Waals surface area contributed by atoms with Crippen LogP contribution in [-0.2, 0) is 11.2 Å². The van der Waals surface area contributed by atoms with Gasteiger partial charge < -0.3 is 9.88 Å². The number of amides is 1. The third kappa shape index (κ3) is 4.91. The lowest BCUT2D eigenvalue weighted by Gasteiger charge is -2.41. The Morgan fingerprint density at radius 1 is 1.32 bits per heavy atom. The van der Waals surface area contributed by atoms with E-state index in [0.29, 0.717) is 24.0 Å². The molecule has 0 aliphatic carbocycles. The predicted octanol–water partition coefficient (Wildman–Crippen LogP) is 4.91. The lowest BCUT2D eigenvalue weighted by molar-refractivity contribution is -0.130. The van der Waals surface area contributed by atoms with Crippen molar-refractivity contribution in [2.75, 3.05) is 6.54 Å². The van der Waals surface area contributed by atoms with Gasteiger partial charge in [-0.15, -0.1) is 5.54 Å². The first-order valence-electron chi connectivity index (χ1n) is 11.7. The molecule has 34 heavy (non-hydrogen) atoms. The average molecular weight is 481 g/mol. The van der Waals surface area contributed by atoms with Crippen LogP contribution in [-0.4, -0.2) is 41.6 Å². The Bertz CT molecular complexity index is 1260. The summed E-state index contributed by atoms with van der Waals surface area (Å²) in [6.45, 7) is 9.09. The van der Waals surface area contributed by atoms with Gasteiger partial charge in [0.25, 0.3) is 5.91 Å². The molecule has 0 spiro atoms. The molecule has 1 aromatic carbocycles. The standard InChI is InChI=1S/C26H30F2N4OSi/c1-5-6-11-30-22-15-20-19-13-18(27)14-21(28)24(19)31-25(20)26(17-8-7-10-29-16-17)32(22)23(33)9-12-34(2,3)4/h7-8,10,13-14,16,22,26,30-31H,5-6,11,15H2,1-4H3/t22-,26+/m1/s1. The molecule has 0 saturated heterocycles. The van der Waals surface area contributed by atoms with Gasteiger partial charge in [0.1, 0.15) is 25.8 Å². The van der Waals surface area contributed by atoms with Crippen molar-refractivity contribution >= 4 is 24.9 Å². The van der Waals surface area contributed by atoms with Gasteiger partial charge in [-0.1, -0.05) is 39.1 Å². The Labute approximate surface area is 200 Å². The van der Waals surface area contributed by atoms with Gasteiger partial charge in [-0.05, 0) is 42.1 Å². The number of aromatic nitrogens is 2. The van der Waals surface area contributed by atoms with Crippen LogP contribution in [0.4, 0.5) is 8.78 Å². The van der Waals surface area contributed by atoms with E-state index >= 15 is 0 Å². The molecule has 8 heteroatoms. The summed E-state index contributed by atoms with van der Waals surface area (Å²) in [5.41, 5.74) is 5.68. The maximum absolute atomic E-state index is 14.7. The van der Waals surface area contributed by atoms with Crippen molar-refractivity contribution in [2.24, 2.45) is 0 Å². The van der Waals surface area contributed by atoms with Crippen molar-refractivity contribution in [2.45, 2.75) is 58.0 Å². The summed E-state index contributed by atoms with van der Waals surface area (Å²) in [6.07, 6.45) is 5.36. The molecule has 5 nitrogen and oxygen atoms in total. The number of aromatic amines is 1. The van der Waals surface area contributed by atoms with Crippen LogP contribution in [0.2, 0.25) is 19.6 Å². The Morgan fingerprint density at radius 3 is 2.79 bits per heavy atom. The molecule has 1 aliphatic heterocycles. The third-order valence-corrected chi connectivity index (χ3v) is 6.81. The smallest absolute Gasteiger partial charge is 0.299 e. The molecule has 1 aliphatic rings. The molecule has 178 valence electrons. The summed E-state index contributed by atoms with van der Waals surface area (Å²) in [5, 5.41) is 4.01. The number of halogens is 2. The monoisotopic (exact) mass is 480 g/mol. The van der Waals surface area contributed by atoms with Gasteiger partial charge in [0.2, 0.25) is 0 Å². The Kier molecular flexibility index (Phi) is 6.87. The molecule has 3 aromatic rings. The Hall–Kier alpha value is -3.02. The van der Waals surface area contributed by atoms with Crippen LogP contribution in [0.1, 0.15) is 42.6 Å². The van der Waals surface area contributed by atoms with Crippen molar-refractivity contribution in [3.63, 3.8) is 0 Å². The van der Waals surface area contributed by atoms with E-state index in [4.69, 9.17) is 0 Å². The van der Waals surface area contributed by atoms with Crippen molar-refractivity contribution in [1.82, 2.24) is 20.2 Å². The highest BCUT2D eigenvalue weighted by molar-refractivity contribution is 6.84. The number of hydrogen-bond acceptors (Lipinski definition) is 3. The first-order chi connectivity index (χ1) is 16.2. The molecule has 0 saturated carbocycles. The molecule has 0 fully saturated rings. The second-order valence-corrected chi connectivity index (χ2v) is 14.5. The molecule has 2 atom stereocenters. The van der Waals surface area contributed by atoms with E-state index in [1.54, 1.807) is 17.3 Å².